The molecule has 0 spiro atoms. The molecule has 112 valence electrons. The minimum absolute atomic E-state index is 0.106. The molecule has 6 heteroatoms. The maximum absolute atomic E-state index is 11.4. The highest BCUT2D eigenvalue weighted by Gasteiger charge is 2.35. The lowest BCUT2D eigenvalue weighted by Crippen LogP contribution is -2.39. The van der Waals surface area contributed by atoms with Gasteiger partial charge >= 0.3 is 0 Å². The first-order valence-electron chi connectivity index (χ1n) is 7.15. The first-order valence-corrected chi connectivity index (χ1v) is 7.15. The summed E-state index contributed by atoms with van der Waals surface area (Å²) in [6.45, 7) is 1.91. The third kappa shape index (κ3) is 2.32. The van der Waals surface area contributed by atoms with Crippen LogP contribution < -0.4 is 10.0 Å². The third-order valence-electron chi connectivity index (χ3n) is 4.02. The minimum atomic E-state index is -0.218. The van der Waals surface area contributed by atoms with Crippen molar-refractivity contribution >= 4 is 11.4 Å². The minimum Gasteiger partial charge on any atom is -0.226 e. The predicted octanol–water partition coefficient (Wildman–Crippen LogP) is 4.20. The van der Waals surface area contributed by atoms with Crippen LogP contribution in [0.5, 0.6) is 0 Å². The van der Waals surface area contributed by atoms with E-state index in [2.05, 4.69) is 10.6 Å². The van der Waals surface area contributed by atoms with Crippen LogP contribution in [0.15, 0.2) is 65.2 Å². The van der Waals surface area contributed by atoms with Gasteiger partial charge in [0, 0.05) is 5.56 Å². The lowest BCUT2D eigenvalue weighted by molar-refractivity contribution is 0.476. The number of para-hydroxylation sites is 2. The van der Waals surface area contributed by atoms with Gasteiger partial charge in [-0.3, -0.25) is 0 Å². The van der Waals surface area contributed by atoms with E-state index < -0.39 is 0 Å². The van der Waals surface area contributed by atoms with Crippen LogP contribution >= 0.6 is 0 Å². The molecule has 0 fully saturated rings. The molecule has 3 rings (SSSR count). The largest absolute Gasteiger partial charge is 0.226 e. The molecule has 0 unspecified atom stereocenters. The molecule has 0 saturated carbocycles. The molecule has 2 atom stereocenters. The van der Waals surface area contributed by atoms with E-state index in [0.29, 0.717) is 6.42 Å². The Morgan fingerprint density at radius 2 is 1.73 bits per heavy atom. The van der Waals surface area contributed by atoms with Crippen LogP contribution in [0, 0.1) is 9.81 Å². The number of hydrogen-bond acceptors (Lipinski definition) is 4. The Balaban J connectivity index is 2.07. The van der Waals surface area contributed by atoms with Crippen molar-refractivity contribution in [3.63, 3.8) is 0 Å². The molecule has 1 aliphatic heterocycles. The van der Waals surface area contributed by atoms with Crippen LogP contribution in [-0.2, 0) is 0 Å². The van der Waals surface area contributed by atoms with Crippen LogP contribution in [-0.4, -0.2) is 6.04 Å². The lowest BCUT2D eigenvalue weighted by atomic mass is 9.92. The molecule has 2 aromatic rings. The van der Waals surface area contributed by atoms with Crippen LogP contribution in [0.3, 0.4) is 0 Å². The van der Waals surface area contributed by atoms with Gasteiger partial charge in [0.2, 0.25) is 0 Å². The fourth-order valence-corrected chi connectivity index (χ4v) is 2.99. The summed E-state index contributed by atoms with van der Waals surface area (Å²) in [6.07, 6.45) is 0.587. The molecule has 0 bridgehead atoms. The van der Waals surface area contributed by atoms with Gasteiger partial charge in [-0.05, 0) is 31.5 Å². The number of hydrogen-bond donors (Lipinski definition) is 0. The van der Waals surface area contributed by atoms with Crippen LogP contribution in [0.1, 0.15) is 24.9 Å². The quantitative estimate of drug-likeness (QED) is 0.626. The Morgan fingerprint density at radius 1 is 1.05 bits per heavy atom. The van der Waals surface area contributed by atoms with Crippen molar-refractivity contribution in [3.05, 3.63) is 70.0 Å². The zero-order valence-corrected chi connectivity index (χ0v) is 12.2. The van der Waals surface area contributed by atoms with E-state index >= 15 is 0 Å². The number of nitrogens with zero attached hydrogens (tertiary/aromatic N) is 4. The Labute approximate surface area is 128 Å². The van der Waals surface area contributed by atoms with Gasteiger partial charge in [-0.15, -0.1) is 9.81 Å². The third-order valence-corrected chi connectivity index (χ3v) is 4.02. The fourth-order valence-electron chi connectivity index (χ4n) is 2.99. The summed E-state index contributed by atoms with van der Waals surface area (Å²) < 4.78 is 0. The van der Waals surface area contributed by atoms with Gasteiger partial charge in [-0.25, -0.2) is 10.0 Å². The van der Waals surface area contributed by atoms with Gasteiger partial charge in [-0.2, -0.15) is 0 Å². The second kappa shape index (κ2) is 5.93. The molecular formula is C16H16N4O2. The Morgan fingerprint density at radius 3 is 2.41 bits per heavy atom. The molecule has 0 aliphatic carbocycles. The van der Waals surface area contributed by atoms with Gasteiger partial charge in [0.25, 0.3) is 0 Å². The lowest BCUT2D eigenvalue weighted by Gasteiger charge is -2.38. The molecule has 2 aromatic carbocycles. The Bertz CT molecular complexity index is 677. The van der Waals surface area contributed by atoms with Crippen LogP contribution in [0.25, 0.3) is 0 Å². The number of fused-ring (bicyclic) bond motifs is 1. The van der Waals surface area contributed by atoms with Gasteiger partial charge in [-0.1, -0.05) is 36.4 Å². The maximum Gasteiger partial charge on any atom is 0.0848 e. The first kappa shape index (κ1) is 14.2. The Kier molecular flexibility index (Phi) is 3.82. The van der Waals surface area contributed by atoms with E-state index in [-0.39, 0.29) is 12.1 Å². The summed E-state index contributed by atoms with van der Waals surface area (Å²) in [7, 11) is 0. The van der Waals surface area contributed by atoms with Gasteiger partial charge in [0.1, 0.15) is 0 Å². The van der Waals surface area contributed by atoms with Crippen molar-refractivity contribution in [3.8, 4) is 0 Å². The average molecular weight is 296 g/mol. The van der Waals surface area contributed by atoms with Crippen LogP contribution in [0.4, 0.5) is 11.4 Å². The van der Waals surface area contributed by atoms with Crippen molar-refractivity contribution in [2.24, 2.45) is 10.6 Å². The molecule has 0 saturated heterocycles. The van der Waals surface area contributed by atoms with E-state index in [4.69, 9.17) is 0 Å². The molecule has 0 N–H and O–H groups in total. The smallest absolute Gasteiger partial charge is 0.0848 e. The molecule has 0 radical (unpaired) electrons. The number of benzene rings is 2. The number of rotatable bonds is 4. The van der Waals surface area contributed by atoms with Crippen molar-refractivity contribution < 1.29 is 0 Å². The second-order valence-electron chi connectivity index (χ2n) is 5.35. The number of nitroso groups, excluding NO2 is 2. The van der Waals surface area contributed by atoms with Crippen molar-refractivity contribution in [2.45, 2.75) is 25.4 Å². The standard InChI is InChI=1S/C16H16N4O2/c1-12-11-16(20(18-22)13-7-3-2-4-8-13)14-9-5-6-10-15(14)19(12)17-21/h2-10,12,16H,11H2,1H3/t12-,16+/m0/s1. The second-order valence-corrected chi connectivity index (χ2v) is 5.35. The van der Waals surface area contributed by atoms with E-state index in [1.807, 2.05) is 61.5 Å². The van der Waals surface area contributed by atoms with Gasteiger partial charge in [0.15, 0.2) is 0 Å². The topological polar surface area (TPSA) is 65.3 Å². The highest BCUT2D eigenvalue weighted by molar-refractivity contribution is 5.60. The van der Waals surface area contributed by atoms with Crippen LogP contribution in [0.2, 0.25) is 0 Å². The highest BCUT2D eigenvalue weighted by atomic mass is 16.3. The summed E-state index contributed by atoms with van der Waals surface area (Å²) in [5.41, 5.74) is 2.34. The molecular weight excluding hydrogens is 280 g/mol. The SMILES string of the molecule is C[C@H]1C[C@@H](N(N=O)c2ccccc2)c2ccccc2N1N=O. The van der Waals surface area contributed by atoms with Crippen molar-refractivity contribution in [1.82, 2.24) is 0 Å². The zero-order valence-electron chi connectivity index (χ0n) is 12.2. The zero-order chi connectivity index (χ0) is 15.5. The summed E-state index contributed by atoms with van der Waals surface area (Å²) in [5, 5.41) is 9.27. The monoisotopic (exact) mass is 296 g/mol. The van der Waals surface area contributed by atoms with E-state index in [1.165, 1.54) is 10.0 Å². The van der Waals surface area contributed by atoms with E-state index in [0.717, 1.165) is 16.9 Å². The fraction of sp³-hybridized carbons (Fsp3) is 0.250. The van der Waals surface area contributed by atoms with E-state index in [1.54, 1.807) is 0 Å². The van der Waals surface area contributed by atoms with Gasteiger partial charge in [0.05, 0.1) is 34.0 Å². The molecule has 1 heterocycles. The Hall–Kier alpha value is -2.76. The molecule has 6 nitrogen and oxygen atoms in total. The first-order chi connectivity index (χ1) is 10.8. The summed E-state index contributed by atoms with van der Waals surface area (Å²) in [5.74, 6) is 0. The predicted molar refractivity (Wildman–Crippen MR) is 86.3 cm³/mol. The van der Waals surface area contributed by atoms with E-state index in [9.17, 15) is 9.81 Å². The normalized spacial score (nSPS) is 20.1. The summed E-state index contributed by atoms with van der Waals surface area (Å²) in [6, 6.07) is 16.5. The highest BCUT2D eigenvalue weighted by Crippen LogP contribution is 2.42. The van der Waals surface area contributed by atoms with Crippen molar-refractivity contribution in [1.29, 1.82) is 0 Å². The summed E-state index contributed by atoms with van der Waals surface area (Å²) >= 11 is 0. The molecule has 22 heavy (non-hydrogen) atoms. The maximum atomic E-state index is 11.4. The molecule has 0 aromatic heterocycles. The molecule has 0 amide bonds. The van der Waals surface area contributed by atoms with Crippen molar-refractivity contribution in [2.75, 3.05) is 10.0 Å². The average Bonchev–Trinajstić information content (AvgIpc) is 2.57. The number of anilines is 2. The van der Waals surface area contributed by atoms with Gasteiger partial charge < -0.3 is 0 Å². The summed E-state index contributed by atoms with van der Waals surface area (Å²) in [4.78, 5) is 22.6. The molecule has 1 aliphatic rings.